The van der Waals surface area contributed by atoms with E-state index in [1.54, 1.807) is 0 Å². The summed E-state index contributed by atoms with van der Waals surface area (Å²) in [6.45, 7) is 8.17. The number of amides is 1. The lowest BCUT2D eigenvalue weighted by Crippen LogP contribution is -2.43. The molecule has 1 heterocycles. The van der Waals surface area contributed by atoms with E-state index in [-0.39, 0.29) is 18.0 Å². The fourth-order valence-electron chi connectivity index (χ4n) is 2.65. The Bertz CT molecular complexity index is 673. The Morgan fingerprint density at radius 2 is 1.95 bits per heavy atom. The number of hydrogen-bond donors (Lipinski definition) is 0. The highest BCUT2D eigenvalue weighted by molar-refractivity contribution is 7.99. The second kappa shape index (κ2) is 6.92. The summed E-state index contributed by atoms with van der Waals surface area (Å²) in [5.41, 5.74) is 1.87. The Labute approximate surface area is 140 Å². The maximum Gasteiger partial charge on any atom is 0.233 e. The minimum Gasteiger partial charge on any atom is -0.337 e. The molecule has 0 aliphatic carbocycles. The van der Waals surface area contributed by atoms with Crippen LogP contribution in [0.1, 0.15) is 27.7 Å². The number of carbonyl (C=O) groups excluding carboxylic acids is 1. The smallest absolute Gasteiger partial charge is 0.233 e. The van der Waals surface area contributed by atoms with Crippen LogP contribution in [0.5, 0.6) is 0 Å². The summed E-state index contributed by atoms with van der Waals surface area (Å²) in [7, 11) is 1.96. The van der Waals surface area contributed by atoms with Crippen molar-refractivity contribution in [3.63, 3.8) is 0 Å². The fourth-order valence-corrected chi connectivity index (χ4v) is 3.68. The zero-order valence-corrected chi connectivity index (χ0v) is 15.2. The Balaban J connectivity index is 2.14. The van der Waals surface area contributed by atoms with E-state index in [1.807, 2.05) is 62.4 Å². The molecule has 0 aliphatic heterocycles. The van der Waals surface area contributed by atoms with Crippen molar-refractivity contribution in [2.75, 3.05) is 5.75 Å². The Kier molecular flexibility index (Phi) is 5.40. The number of halogens is 1. The van der Waals surface area contributed by atoms with E-state index < -0.39 is 0 Å². The fraction of sp³-hybridized carbons (Fsp3) is 0.500. The van der Waals surface area contributed by atoms with Gasteiger partial charge in [0.05, 0.1) is 16.8 Å². The number of imidazole rings is 1. The van der Waals surface area contributed by atoms with Crippen molar-refractivity contribution in [2.45, 2.75) is 44.9 Å². The van der Waals surface area contributed by atoms with E-state index in [2.05, 4.69) is 4.98 Å². The minimum atomic E-state index is 0.139. The summed E-state index contributed by atoms with van der Waals surface area (Å²) in [5.74, 6) is 0.529. The molecule has 0 atom stereocenters. The standard InChI is InChI=1S/C16H22ClN3OS/c1-10(2)20(11(3)4)15(21)9-22-16-18-13-8-12(17)6-7-14(13)19(16)5/h6-8,10-11H,9H2,1-5H3. The quantitative estimate of drug-likeness (QED) is 0.774. The number of carbonyl (C=O) groups is 1. The lowest BCUT2D eigenvalue weighted by molar-refractivity contribution is -0.131. The largest absolute Gasteiger partial charge is 0.337 e. The molecule has 6 heteroatoms. The number of aromatic nitrogens is 2. The summed E-state index contributed by atoms with van der Waals surface area (Å²) in [4.78, 5) is 18.9. The van der Waals surface area contributed by atoms with Crippen LogP contribution in [-0.2, 0) is 11.8 Å². The topological polar surface area (TPSA) is 38.1 Å². The summed E-state index contributed by atoms with van der Waals surface area (Å²) in [6, 6.07) is 6.05. The van der Waals surface area contributed by atoms with Crippen molar-refractivity contribution >= 4 is 40.3 Å². The maximum atomic E-state index is 12.4. The summed E-state index contributed by atoms with van der Waals surface area (Å²) in [6.07, 6.45) is 0. The van der Waals surface area contributed by atoms with Crippen LogP contribution in [0.2, 0.25) is 5.02 Å². The number of hydrogen-bond acceptors (Lipinski definition) is 3. The first-order valence-corrected chi connectivity index (χ1v) is 8.73. The summed E-state index contributed by atoms with van der Waals surface area (Å²) >= 11 is 7.47. The molecule has 0 N–H and O–H groups in total. The average Bonchev–Trinajstić information content (AvgIpc) is 2.71. The molecule has 1 aromatic heterocycles. The van der Waals surface area contributed by atoms with Crippen molar-refractivity contribution in [2.24, 2.45) is 7.05 Å². The molecule has 22 heavy (non-hydrogen) atoms. The van der Waals surface area contributed by atoms with Gasteiger partial charge in [-0.2, -0.15) is 0 Å². The molecule has 0 saturated carbocycles. The van der Waals surface area contributed by atoms with Crippen LogP contribution in [-0.4, -0.2) is 38.2 Å². The van der Waals surface area contributed by atoms with Crippen molar-refractivity contribution < 1.29 is 4.79 Å². The molecule has 0 spiro atoms. The average molecular weight is 340 g/mol. The van der Waals surface area contributed by atoms with E-state index in [0.717, 1.165) is 16.2 Å². The van der Waals surface area contributed by atoms with Crippen LogP contribution >= 0.6 is 23.4 Å². The highest BCUT2D eigenvalue weighted by Gasteiger charge is 2.21. The van der Waals surface area contributed by atoms with Crippen LogP contribution < -0.4 is 0 Å². The van der Waals surface area contributed by atoms with Crippen LogP contribution in [0.3, 0.4) is 0 Å². The zero-order valence-electron chi connectivity index (χ0n) is 13.6. The number of nitrogens with zero attached hydrogens (tertiary/aromatic N) is 3. The van der Waals surface area contributed by atoms with Gasteiger partial charge in [-0.25, -0.2) is 4.98 Å². The van der Waals surface area contributed by atoms with Gasteiger partial charge >= 0.3 is 0 Å². The third kappa shape index (κ3) is 3.58. The number of thioether (sulfide) groups is 1. The van der Waals surface area contributed by atoms with Gasteiger partial charge in [0.1, 0.15) is 0 Å². The third-order valence-corrected chi connectivity index (χ3v) is 4.78. The first kappa shape index (κ1) is 17.2. The molecule has 0 fully saturated rings. The molecule has 0 radical (unpaired) electrons. The van der Waals surface area contributed by atoms with Gasteiger partial charge < -0.3 is 9.47 Å². The predicted molar refractivity (Wildman–Crippen MR) is 93.6 cm³/mol. The first-order chi connectivity index (χ1) is 10.3. The van der Waals surface area contributed by atoms with Crippen molar-refractivity contribution in [1.82, 2.24) is 14.5 Å². The number of benzene rings is 1. The van der Waals surface area contributed by atoms with Gasteiger partial charge in [0.2, 0.25) is 5.91 Å². The second-order valence-electron chi connectivity index (χ2n) is 5.86. The molecule has 0 bridgehead atoms. The molecule has 0 aliphatic rings. The molecular weight excluding hydrogens is 318 g/mol. The van der Waals surface area contributed by atoms with Crippen LogP contribution in [0, 0.1) is 0 Å². The van der Waals surface area contributed by atoms with Crippen molar-refractivity contribution in [3.8, 4) is 0 Å². The molecule has 2 rings (SSSR count). The van der Waals surface area contributed by atoms with E-state index in [4.69, 9.17) is 11.6 Å². The highest BCUT2D eigenvalue weighted by Crippen LogP contribution is 2.25. The zero-order chi connectivity index (χ0) is 16.4. The Hall–Kier alpha value is -1.20. The third-order valence-electron chi connectivity index (χ3n) is 3.53. The molecular formula is C16H22ClN3OS. The predicted octanol–water partition coefficient (Wildman–Crippen LogP) is 3.96. The number of rotatable bonds is 5. The summed E-state index contributed by atoms with van der Waals surface area (Å²) < 4.78 is 2.00. The van der Waals surface area contributed by atoms with Gasteiger partial charge in [-0.3, -0.25) is 4.79 Å². The van der Waals surface area contributed by atoms with E-state index >= 15 is 0 Å². The molecule has 1 amide bonds. The monoisotopic (exact) mass is 339 g/mol. The molecule has 4 nitrogen and oxygen atoms in total. The molecule has 2 aromatic rings. The van der Waals surface area contributed by atoms with E-state index in [1.165, 1.54) is 11.8 Å². The Morgan fingerprint density at radius 3 is 2.55 bits per heavy atom. The van der Waals surface area contributed by atoms with E-state index in [9.17, 15) is 4.79 Å². The second-order valence-corrected chi connectivity index (χ2v) is 7.24. The highest BCUT2D eigenvalue weighted by atomic mass is 35.5. The normalized spacial score (nSPS) is 11.6. The molecule has 1 aromatic carbocycles. The SMILES string of the molecule is CC(C)N(C(=O)CSc1nc2cc(Cl)ccc2n1C)C(C)C. The van der Waals surface area contributed by atoms with Crippen molar-refractivity contribution in [1.29, 1.82) is 0 Å². The van der Waals surface area contributed by atoms with Gasteiger partial charge in [0.25, 0.3) is 0 Å². The lowest BCUT2D eigenvalue weighted by Gasteiger charge is -2.30. The first-order valence-electron chi connectivity index (χ1n) is 7.37. The van der Waals surface area contributed by atoms with Gasteiger partial charge in [-0.1, -0.05) is 23.4 Å². The molecule has 0 unspecified atom stereocenters. The van der Waals surface area contributed by atoms with Gasteiger partial charge in [-0.05, 0) is 45.9 Å². The van der Waals surface area contributed by atoms with Gasteiger partial charge in [0.15, 0.2) is 5.16 Å². The number of fused-ring (bicyclic) bond motifs is 1. The maximum absolute atomic E-state index is 12.4. The summed E-state index contributed by atoms with van der Waals surface area (Å²) in [5, 5.41) is 1.50. The Morgan fingerprint density at radius 1 is 1.32 bits per heavy atom. The van der Waals surface area contributed by atoms with Gasteiger partial charge in [0, 0.05) is 24.2 Å². The van der Waals surface area contributed by atoms with E-state index in [0.29, 0.717) is 10.8 Å². The van der Waals surface area contributed by atoms with Crippen LogP contribution in [0.25, 0.3) is 11.0 Å². The lowest BCUT2D eigenvalue weighted by atomic mass is 10.2. The molecule has 120 valence electrons. The van der Waals surface area contributed by atoms with Gasteiger partial charge in [-0.15, -0.1) is 0 Å². The van der Waals surface area contributed by atoms with Crippen molar-refractivity contribution in [3.05, 3.63) is 23.2 Å². The van der Waals surface area contributed by atoms with Crippen LogP contribution in [0.15, 0.2) is 23.4 Å². The minimum absolute atomic E-state index is 0.139. The van der Waals surface area contributed by atoms with Crippen LogP contribution in [0.4, 0.5) is 0 Å². The molecule has 0 saturated heterocycles. The number of aryl methyl sites for hydroxylation is 1.